The van der Waals surface area contributed by atoms with Crippen LogP contribution >= 0.6 is 11.6 Å². The molecular weight excluding hydrogens is 321 g/mol. The molecule has 0 radical (unpaired) electrons. The van der Waals surface area contributed by atoms with Crippen LogP contribution in [0.2, 0.25) is 5.02 Å². The van der Waals surface area contributed by atoms with Crippen LogP contribution in [0.4, 0.5) is 13.2 Å². The number of sulfone groups is 1. The lowest BCUT2D eigenvalue weighted by atomic mass is 10.2. The molecule has 1 aromatic rings. The molecule has 1 rings (SSSR count). The molecule has 1 aromatic carbocycles. The van der Waals surface area contributed by atoms with Crippen molar-refractivity contribution in [2.24, 2.45) is 0 Å². The van der Waals surface area contributed by atoms with E-state index in [9.17, 15) is 26.4 Å². The first-order chi connectivity index (χ1) is 9.03. The highest BCUT2D eigenvalue weighted by atomic mass is 35.5. The smallest absolute Gasteiger partial charge is 0.389 e. The van der Waals surface area contributed by atoms with E-state index < -0.39 is 40.6 Å². The van der Waals surface area contributed by atoms with Gasteiger partial charge in [0.15, 0.2) is 9.84 Å². The Kier molecular flexibility index (Phi) is 5.04. The second-order valence-corrected chi connectivity index (χ2v) is 6.50. The maximum absolute atomic E-state index is 12.0. The molecule has 0 bridgehead atoms. The molecule has 0 aliphatic carbocycles. The lowest BCUT2D eigenvalue weighted by molar-refractivity contribution is -0.134. The van der Waals surface area contributed by atoms with E-state index in [1.165, 1.54) is 0 Å². The predicted molar refractivity (Wildman–Crippen MR) is 65.8 cm³/mol. The number of carbonyl (C=O) groups is 1. The van der Waals surface area contributed by atoms with Crippen LogP contribution in [0.3, 0.4) is 0 Å². The number of hydrogen-bond donors (Lipinski definition) is 1. The lowest BCUT2D eigenvalue weighted by Crippen LogP contribution is -2.13. The van der Waals surface area contributed by atoms with Crippen molar-refractivity contribution in [3.63, 3.8) is 0 Å². The molecule has 0 heterocycles. The fourth-order valence-corrected chi connectivity index (χ4v) is 3.10. The van der Waals surface area contributed by atoms with Crippen molar-refractivity contribution < 1.29 is 31.5 Å². The molecule has 0 aliphatic heterocycles. The molecule has 20 heavy (non-hydrogen) atoms. The van der Waals surface area contributed by atoms with Crippen LogP contribution in [0.25, 0.3) is 0 Å². The summed E-state index contributed by atoms with van der Waals surface area (Å²) in [5.41, 5.74) is -0.277. The molecule has 0 aliphatic rings. The molecule has 0 saturated heterocycles. The molecule has 0 amide bonds. The first-order valence-electron chi connectivity index (χ1n) is 5.35. The van der Waals surface area contributed by atoms with Gasteiger partial charge in [-0.2, -0.15) is 13.2 Å². The summed E-state index contributed by atoms with van der Waals surface area (Å²) in [4.78, 5) is 10.4. The lowest BCUT2D eigenvalue weighted by Gasteiger charge is -2.08. The van der Waals surface area contributed by atoms with E-state index in [0.717, 1.165) is 18.2 Å². The van der Waals surface area contributed by atoms with Crippen LogP contribution in [-0.4, -0.2) is 31.4 Å². The highest BCUT2D eigenvalue weighted by molar-refractivity contribution is 7.91. The first-order valence-corrected chi connectivity index (χ1v) is 7.38. The van der Waals surface area contributed by atoms with E-state index in [-0.39, 0.29) is 15.5 Å². The Morgan fingerprint density at radius 2 is 1.90 bits per heavy atom. The number of aromatic carboxylic acids is 1. The molecule has 1 N–H and O–H groups in total. The highest BCUT2D eigenvalue weighted by Crippen LogP contribution is 2.25. The van der Waals surface area contributed by atoms with Crippen molar-refractivity contribution in [2.45, 2.75) is 23.9 Å². The van der Waals surface area contributed by atoms with Crippen molar-refractivity contribution >= 4 is 27.4 Å². The van der Waals surface area contributed by atoms with Crippen molar-refractivity contribution in [1.29, 1.82) is 0 Å². The molecule has 0 fully saturated rings. The van der Waals surface area contributed by atoms with Gasteiger partial charge in [0.05, 0.1) is 21.2 Å². The molecule has 0 unspecified atom stereocenters. The van der Waals surface area contributed by atoms with Crippen molar-refractivity contribution in [1.82, 2.24) is 0 Å². The van der Waals surface area contributed by atoms with Gasteiger partial charge in [-0.15, -0.1) is 0 Å². The molecule has 9 heteroatoms. The van der Waals surface area contributed by atoms with Gasteiger partial charge < -0.3 is 5.11 Å². The molecule has 0 saturated carbocycles. The maximum atomic E-state index is 12.0. The SMILES string of the molecule is O=C(O)c1ccc(S(=O)(=O)CCCC(F)(F)F)cc1Cl. The van der Waals surface area contributed by atoms with Gasteiger partial charge in [-0.1, -0.05) is 11.6 Å². The van der Waals surface area contributed by atoms with Crippen LogP contribution < -0.4 is 0 Å². The van der Waals surface area contributed by atoms with Gasteiger partial charge in [0.25, 0.3) is 0 Å². The monoisotopic (exact) mass is 330 g/mol. The summed E-state index contributed by atoms with van der Waals surface area (Å²) in [6.07, 6.45) is -6.18. The number of carboxylic acids is 1. The Hall–Kier alpha value is -1.28. The van der Waals surface area contributed by atoms with Gasteiger partial charge >= 0.3 is 12.1 Å². The Balaban J connectivity index is 2.88. The van der Waals surface area contributed by atoms with Gasteiger partial charge in [0.2, 0.25) is 0 Å². The van der Waals surface area contributed by atoms with Crippen LogP contribution in [0, 0.1) is 0 Å². The molecule has 0 atom stereocenters. The van der Waals surface area contributed by atoms with Gasteiger partial charge in [-0.3, -0.25) is 0 Å². The Bertz CT molecular complexity index is 611. The molecule has 0 spiro atoms. The minimum Gasteiger partial charge on any atom is -0.478 e. The van der Waals surface area contributed by atoms with E-state index in [1.807, 2.05) is 0 Å². The average Bonchev–Trinajstić information content (AvgIpc) is 2.26. The average molecular weight is 331 g/mol. The van der Waals surface area contributed by atoms with E-state index in [0.29, 0.717) is 0 Å². The molecule has 0 aromatic heterocycles. The Morgan fingerprint density at radius 3 is 2.35 bits per heavy atom. The topological polar surface area (TPSA) is 71.4 Å². The second kappa shape index (κ2) is 6.01. The van der Waals surface area contributed by atoms with Gasteiger partial charge in [-0.05, 0) is 24.6 Å². The number of halogens is 4. The normalized spacial score (nSPS) is 12.4. The van der Waals surface area contributed by atoms with Crippen molar-refractivity contribution in [2.75, 3.05) is 5.75 Å². The maximum Gasteiger partial charge on any atom is 0.389 e. The zero-order valence-corrected chi connectivity index (χ0v) is 11.5. The third-order valence-corrected chi connectivity index (χ3v) is 4.51. The third-order valence-electron chi connectivity index (χ3n) is 2.40. The number of rotatable bonds is 5. The fourth-order valence-electron chi connectivity index (χ4n) is 1.44. The summed E-state index contributed by atoms with van der Waals surface area (Å²) in [5, 5.41) is 8.45. The van der Waals surface area contributed by atoms with Gasteiger partial charge in [0.1, 0.15) is 0 Å². The van der Waals surface area contributed by atoms with Crippen molar-refractivity contribution in [3.8, 4) is 0 Å². The van der Waals surface area contributed by atoms with Crippen LogP contribution in [0.1, 0.15) is 23.2 Å². The van der Waals surface area contributed by atoms with E-state index in [1.54, 1.807) is 0 Å². The van der Waals surface area contributed by atoms with E-state index >= 15 is 0 Å². The van der Waals surface area contributed by atoms with Crippen LogP contribution in [0.15, 0.2) is 23.1 Å². The number of carboxylic acid groups (broad SMARTS) is 1. The Labute approximate surface area is 118 Å². The standard InChI is InChI=1S/C11H10ClF3O4S/c12-9-6-7(2-3-8(9)10(16)17)20(18,19)5-1-4-11(13,14)15/h2-3,6H,1,4-5H2,(H,16,17). The van der Waals surface area contributed by atoms with Crippen LogP contribution in [-0.2, 0) is 9.84 Å². The minimum atomic E-state index is -4.42. The number of alkyl halides is 3. The summed E-state index contributed by atoms with van der Waals surface area (Å²) < 4.78 is 59.4. The van der Waals surface area contributed by atoms with Gasteiger partial charge in [-0.25, -0.2) is 13.2 Å². The summed E-state index contributed by atoms with van der Waals surface area (Å²) >= 11 is 5.61. The zero-order valence-electron chi connectivity index (χ0n) is 9.95. The number of benzene rings is 1. The molecular formula is C11H10ClF3O4S. The highest BCUT2D eigenvalue weighted by Gasteiger charge is 2.28. The molecule has 4 nitrogen and oxygen atoms in total. The number of hydrogen-bond acceptors (Lipinski definition) is 3. The van der Waals surface area contributed by atoms with E-state index in [2.05, 4.69) is 0 Å². The largest absolute Gasteiger partial charge is 0.478 e. The van der Waals surface area contributed by atoms with Crippen LogP contribution in [0.5, 0.6) is 0 Å². The van der Waals surface area contributed by atoms with Crippen molar-refractivity contribution in [3.05, 3.63) is 28.8 Å². The summed E-state index contributed by atoms with van der Waals surface area (Å²) in [7, 11) is -3.93. The molecule has 112 valence electrons. The predicted octanol–water partition coefficient (Wildman–Crippen LogP) is 3.15. The first kappa shape index (κ1) is 16.8. The minimum absolute atomic E-state index is 0.277. The summed E-state index contributed by atoms with van der Waals surface area (Å²) in [5.74, 6) is -2.01. The third kappa shape index (κ3) is 4.68. The van der Waals surface area contributed by atoms with E-state index in [4.69, 9.17) is 16.7 Å². The zero-order chi connectivity index (χ0) is 15.6. The summed E-state index contributed by atoms with van der Waals surface area (Å²) in [6, 6.07) is 2.94. The second-order valence-electron chi connectivity index (χ2n) is 3.98. The van der Waals surface area contributed by atoms with Gasteiger partial charge in [0, 0.05) is 6.42 Å². The Morgan fingerprint density at radius 1 is 1.30 bits per heavy atom. The summed E-state index contributed by atoms with van der Waals surface area (Å²) in [6.45, 7) is 0. The fraction of sp³-hybridized carbons (Fsp3) is 0.364. The quantitative estimate of drug-likeness (QED) is 0.900.